The number of fused-ring (bicyclic) bond motifs is 4. The SMILES string of the molecule is c1ccc(-c2cccc(-c3cc(-c4ccccc4)nc(-c4cccc5sc6cccc(-c7nc8ccccc8n7-c7ccccc7)c6c45)n3)c2)cc1. The molecule has 0 radical (unpaired) electrons. The fourth-order valence-corrected chi connectivity index (χ4v) is 8.40. The zero-order chi connectivity index (χ0) is 34.4. The zero-order valence-corrected chi connectivity index (χ0v) is 28.8. The van der Waals surface area contributed by atoms with E-state index in [4.69, 9.17) is 15.0 Å². The summed E-state index contributed by atoms with van der Waals surface area (Å²) < 4.78 is 4.66. The molecule has 0 bridgehead atoms. The summed E-state index contributed by atoms with van der Waals surface area (Å²) in [5.41, 5.74) is 11.3. The fraction of sp³-hybridized carbons (Fsp3) is 0. The van der Waals surface area contributed by atoms with Crippen molar-refractivity contribution in [2.24, 2.45) is 0 Å². The van der Waals surface area contributed by atoms with Crippen LogP contribution in [0.2, 0.25) is 0 Å². The summed E-state index contributed by atoms with van der Waals surface area (Å²) in [5.74, 6) is 1.60. The molecule has 52 heavy (non-hydrogen) atoms. The molecule has 7 aromatic carbocycles. The third-order valence-electron chi connectivity index (χ3n) is 9.64. The Bertz CT molecular complexity index is 2890. The molecule has 0 unspecified atom stereocenters. The Morgan fingerprint density at radius 1 is 0.404 bits per heavy atom. The minimum atomic E-state index is 0.693. The van der Waals surface area contributed by atoms with Gasteiger partial charge in [-0.2, -0.15) is 0 Å². The lowest BCUT2D eigenvalue weighted by Gasteiger charge is -2.13. The molecule has 0 fully saturated rings. The van der Waals surface area contributed by atoms with Crippen LogP contribution < -0.4 is 0 Å². The van der Waals surface area contributed by atoms with Gasteiger partial charge in [-0.3, -0.25) is 4.57 Å². The van der Waals surface area contributed by atoms with Crippen molar-refractivity contribution >= 4 is 42.5 Å². The van der Waals surface area contributed by atoms with Gasteiger partial charge in [0.2, 0.25) is 0 Å². The first-order valence-electron chi connectivity index (χ1n) is 17.4. The number of thiophene rings is 1. The first-order valence-corrected chi connectivity index (χ1v) is 18.2. The van der Waals surface area contributed by atoms with Crippen molar-refractivity contribution in [2.45, 2.75) is 0 Å². The summed E-state index contributed by atoms with van der Waals surface area (Å²) in [4.78, 5) is 15.9. The van der Waals surface area contributed by atoms with Crippen LogP contribution in [0, 0.1) is 0 Å². The van der Waals surface area contributed by atoms with Gasteiger partial charge in [-0.05, 0) is 59.7 Å². The van der Waals surface area contributed by atoms with Crippen molar-refractivity contribution in [1.82, 2.24) is 19.5 Å². The third kappa shape index (κ3) is 5.18. The van der Waals surface area contributed by atoms with Crippen LogP contribution in [-0.2, 0) is 0 Å². The Morgan fingerprint density at radius 3 is 1.71 bits per heavy atom. The maximum Gasteiger partial charge on any atom is 0.161 e. The molecule has 0 amide bonds. The van der Waals surface area contributed by atoms with E-state index < -0.39 is 0 Å². The Kier molecular flexibility index (Phi) is 7.29. The normalized spacial score (nSPS) is 11.5. The summed E-state index contributed by atoms with van der Waals surface area (Å²) in [6.45, 7) is 0. The van der Waals surface area contributed by atoms with Crippen LogP contribution in [-0.4, -0.2) is 19.5 Å². The molecule has 0 aliphatic heterocycles. The number of benzene rings is 7. The van der Waals surface area contributed by atoms with Gasteiger partial charge in [-0.25, -0.2) is 15.0 Å². The predicted molar refractivity (Wildman–Crippen MR) is 217 cm³/mol. The highest BCUT2D eigenvalue weighted by molar-refractivity contribution is 7.26. The molecule has 3 heterocycles. The van der Waals surface area contributed by atoms with E-state index in [-0.39, 0.29) is 0 Å². The van der Waals surface area contributed by atoms with E-state index in [1.165, 1.54) is 15.0 Å². The minimum Gasteiger partial charge on any atom is -0.292 e. The molecule has 0 spiro atoms. The second-order valence-corrected chi connectivity index (χ2v) is 13.9. The van der Waals surface area contributed by atoms with Gasteiger partial charge < -0.3 is 0 Å². The monoisotopic (exact) mass is 682 g/mol. The van der Waals surface area contributed by atoms with Gasteiger partial charge in [-0.1, -0.05) is 133 Å². The fourth-order valence-electron chi connectivity index (χ4n) is 7.25. The highest BCUT2D eigenvalue weighted by Gasteiger charge is 2.22. The number of imidazole rings is 1. The van der Waals surface area contributed by atoms with Crippen LogP contribution in [0.25, 0.3) is 93.3 Å². The van der Waals surface area contributed by atoms with E-state index >= 15 is 0 Å². The van der Waals surface area contributed by atoms with E-state index in [1.54, 1.807) is 11.3 Å². The van der Waals surface area contributed by atoms with Crippen molar-refractivity contribution in [3.63, 3.8) is 0 Å². The van der Waals surface area contributed by atoms with Crippen LogP contribution >= 0.6 is 11.3 Å². The smallest absolute Gasteiger partial charge is 0.161 e. The standard InChI is InChI=1S/C47H30N4S/c1-4-15-31(16-5-1)33-19-12-20-34(29-33)40-30-39(32-17-6-2-7-18-32)48-46(49-40)36-23-13-27-42-44(36)45-37(24-14-28-43(45)52-42)47-50-38-25-10-11-26-41(38)51(47)35-21-8-3-9-22-35/h1-30H. The van der Waals surface area contributed by atoms with Crippen LogP contribution in [0.3, 0.4) is 0 Å². The van der Waals surface area contributed by atoms with E-state index in [0.29, 0.717) is 5.82 Å². The average molecular weight is 683 g/mol. The molecule has 0 aliphatic carbocycles. The van der Waals surface area contributed by atoms with E-state index in [2.05, 4.69) is 174 Å². The summed E-state index contributed by atoms with van der Waals surface area (Å²) in [6, 6.07) is 63.6. The first-order chi connectivity index (χ1) is 25.8. The van der Waals surface area contributed by atoms with Crippen LogP contribution in [0.5, 0.6) is 0 Å². The first kappa shape index (κ1) is 30.2. The predicted octanol–water partition coefficient (Wildman–Crippen LogP) is 12.5. The molecule has 0 aliphatic rings. The van der Waals surface area contributed by atoms with Gasteiger partial charge in [0.05, 0.1) is 22.4 Å². The van der Waals surface area contributed by atoms with Crippen molar-refractivity contribution in [1.29, 1.82) is 0 Å². The van der Waals surface area contributed by atoms with E-state index in [1.807, 2.05) is 12.1 Å². The van der Waals surface area contributed by atoms with Gasteiger partial charge in [0.15, 0.2) is 5.82 Å². The van der Waals surface area contributed by atoms with Crippen molar-refractivity contribution < 1.29 is 0 Å². The molecule has 0 saturated heterocycles. The Labute approximate surface area is 305 Å². The Balaban J connectivity index is 1.23. The average Bonchev–Trinajstić information content (AvgIpc) is 3.81. The largest absolute Gasteiger partial charge is 0.292 e. The number of aromatic nitrogens is 4. The number of hydrogen-bond acceptors (Lipinski definition) is 4. The van der Waals surface area contributed by atoms with Gasteiger partial charge in [0, 0.05) is 48.1 Å². The molecule has 0 atom stereocenters. The number of rotatable bonds is 6. The summed E-state index contributed by atoms with van der Waals surface area (Å²) in [6.07, 6.45) is 0. The molecular weight excluding hydrogens is 653 g/mol. The molecular formula is C47H30N4S. The van der Waals surface area contributed by atoms with Crippen LogP contribution in [0.4, 0.5) is 0 Å². The summed E-state index contributed by atoms with van der Waals surface area (Å²) in [7, 11) is 0. The molecule has 10 rings (SSSR count). The van der Waals surface area contributed by atoms with Gasteiger partial charge in [-0.15, -0.1) is 11.3 Å². The second-order valence-electron chi connectivity index (χ2n) is 12.8. The van der Waals surface area contributed by atoms with Gasteiger partial charge in [0.1, 0.15) is 5.82 Å². The number of nitrogens with zero attached hydrogens (tertiary/aromatic N) is 4. The molecule has 0 saturated carbocycles. The van der Waals surface area contributed by atoms with Crippen molar-refractivity contribution in [2.75, 3.05) is 0 Å². The highest BCUT2D eigenvalue weighted by Crippen LogP contribution is 2.45. The van der Waals surface area contributed by atoms with E-state index in [9.17, 15) is 0 Å². The molecule has 244 valence electrons. The summed E-state index contributed by atoms with van der Waals surface area (Å²) in [5, 5.41) is 2.30. The van der Waals surface area contributed by atoms with Crippen molar-refractivity contribution in [3.8, 4) is 62.1 Å². The molecule has 5 heteroatoms. The third-order valence-corrected chi connectivity index (χ3v) is 10.8. The quantitative estimate of drug-likeness (QED) is 0.175. The topological polar surface area (TPSA) is 43.6 Å². The van der Waals surface area contributed by atoms with Gasteiger partial charge >= 0.3 is 0 Å². The van der Waals surface area contributed by atoms with Gasteiger partial charge in [0.25, 0.3) is 0 Å². The van der Waals surface area contributed by atoms with Crippen LogP contribution in [0.15, 0.2) is 182 Å². The molecule has 10 aromatic rings. The number of para-hydroxylation sites is 3. The minimum absolute atomic E-state index is 0.693. The maximum atomic E-state index is 5.35. The zero-order valence-electron chi connectivity index (χ0n) is 28.0. The lowest BCUT2D eigenvalue weighted by Crippen LogP contribution is -1.98. The number of hydrogen-bond donors (Lipinski definition) is 0. The lowest BCUT2D eigenvalue weighted by atomic mass is 9.99. The highest BCUT2D eigenvalue weighted by atomic mass is 32.1. The molecule has 3 aromatic heterocycles. The van der Waals surface area contributed by atoms with Crippen molar-refractivity contribution in [3.05, 3.63) is 182 Å². The van der Waals surface area contributed by atoms with Crippen LogP contribution in [0.1, 0.15) is 0 Å². The Morgan fingerprint density at radius 2 is 0.962 bits per heavy atom. The summed E-state index contributed by atoms with van der Waals surface area (Å²) >= 11 is 1.80. The maximum absolute atomic E-state index is 5.35. The van der Waals surface area contributed by atoms with E-state index in [0.717, 1.165) is 72.5 Å². The molecule has 4 nitrogen and oxygen atoms in total. The Hall–Kier alpha value is -6.69. The second kappa shape index (κ2) is 12.6. The lowest BCUT2D eigenvalue weighted by molar-refractivity contribution is 1.11. The molecule has 0 N–H and O–H groups in total.